The molecule has 0 saturated carbocycles. The topological polar surface area (TPSA) is 87.7 Å². The lowest BCUT2D eigenvalue weighted by Crippen LogP contribution is -2.32. The van der Waals surface area contributed by atoms with E-state index in [0.29, 0.717) is 35.2 Å². The van der Waals surface area contributed by atoms with Crippen molar-refractivity contribution in [3.63, 3.8) is 0 Å². The lowest BCUT2D eigenvalue weighted by atomic mass is 10.1. The van der Waals surface area contributed by atoms with Gasteiger partial charge in [0.25, 0.3) is 5.91 Å². The number of carbonyl (C=O) groups is 3. The van der Waals surface area contributed by atoms with Gasteiger partial charge in [0.15, 0.2) is 6.61 Å². The van der Waals surface area contributed by atoms with Crippen LogP contribution in [0.2, 0.25) is 10.0 Å². The standard InChI is InChI=1S/C26H23Cl2N3O4/c27-21-7-4-8-22(25(21)28)30-23(32)16-35-20-11-9-19(10-12-20)31-15-18(13-24(31)33)26(34)29-14-17-5-2-1-3-6-17/h1-12,18H,13-16H2,(H,29,34)(H,30,32)/t18-/m0/s1. The first-order valence-corrected chi connectivity index (χ1v) is 11.7. The molecule has 3 aromatic rings. The van der Waals surface area contributed by atoms with E-state index in [1.165, 1.54) is 0 Å². The zero-order valence-corrected chi connectivity index (χ0v) is 20.2. The molecular weight excluding hydrogens is 489 g/mol. The van der Waals surface area contributed by atoms with E-state index < -0.39 is 11.8 Å². The molecule has 180 valence electrons. The summed E-state index contributed by atoms with van der Waals surface area (Å²) in [6.45, 7) is 0.504. The normalized spacial score (nSPS) is 15.1. The summed E-state index contributed by atoms with van der Waals surface area (Å²) < 4.78 is 5.53. The highest BCUT2D eigenvalue weighted by Crippen LogP contribution is 2.30. The minimum Gasteiger partial charge on any atom is -0.484 e. The van der Waals surface area contributed by atoms with E-state index >= 15 is 0 Å². The second kappa shape index (κ2) is 11.3. The molecule has 0 bridgehead atoms. The smallest absolute Gasteiger partial charge is 0.262 e. The van der Waals surface area contributed by atoms with Crippen molar-refractivity contribution in [1.29, 1.82) is 0 Å². The van der Waals surface area contributed by atoms with Crippen molar-refractivity contribution in [2.24, 2.45) is 5.92 Å². The molecule has 1 heterocycles. The van der Waals surface area contributed by atoms with E-state index in [2.05, 4.69) is 10.6 Å². The summed E-state index contributed by atoms with van der Waals surface area (Å²) in [5, 5.41) is 6.15. The largest absolute Gasteiger partial charge is 0.484 e. The molecule has 35 heavy (non-hydrogen) atoms. The summed E-state index contributed by atoms with van der Waals surface area (Å²) in [6, 6.07) is 21.4. The number of halogens is 2. The molecule has 4 rings (SSSR count). The van der Waals surface area contributed by atoms with Gasteiger partial charge in [-0.25, -0.2) is 0 Å². The van der Waals surface area contributed by atoms with E-state index in [9.17, 15) is 14.4 Å². The summed E-state index contributed by atoms with van der Waals surface area (Å²) in [5.74, 6) is -0.599. The molecule has 3 aromatic carbocycles. The number of nitrogens with zero attached hydrogens (tertiary/aromatic N) is 1. The minimum atomic E-state index is -0.413. The third-order valence-corrected chi connectivity index (χ3v) is 6.37. The van der Waals surface area contributed by atoms with Crippen molar-refractivity contribution < 1.29 is 19.1 Å². The highest BCUT2D eigenvalue weighted by atomic mass is 35.5. The van der Waals surface area contributed by atoms with E-state index in [-0.39, 0.29) is 29.9 Å². The van der Waals surface area contributed by atoms with E-state index in [4.69, 9.17) is 27.9 Å². The molecule has 0 aromatic heterocycles. The highest BCUT2D eigenvalue weighted by Gasteiger charge is 2.35. The Hall–Kier alpha value is -3.55. The fourth-order valence-electron chi connectivity index (χ4n) is 3.72. The van der Waals surface area contributed by atoms with Gasteiger partial charge in [-0.3, -0.25) is 14.4 Å². The number of nitrogens with one attached hydrogen (secondary N) is 2. The van der Waals surface area contributed by atoms with Gasteiger partial charge in [0, 0.05) is 25.2 Å². The molecule has 9 heteroatoms. The Bertz CT molecular complexity index is 1220. The minimum absolute atomic E-state index is 0.115. The van der Waals surface area contributed by atoms with E-state index in [1.807, 2.05) is 30.3 Å². The molecule has 1 fully saturated rings. The Kier molecular flexibility index (Phi) is 7.90. The third-order valence-electron chi connectivity index (χ3n) is 5.55. The Labute approximate surface area is 213 Å². The molecule has 0 aliphatic carbocycles. The zero-order valence-electron chi connectivity index (χ0n) is 18.7. The monoisotopic (exact) mass is 511 g/mol. The SMILES string of the molecule is O=C(COc1ccc(N2C[C@@H](C(=O)NCc3ccccc3)CC2=O)cc1)Nc1cccc(Cl)c1Cl. The second-order valence-electron chi connectivity index (χ2n) is 8.04. The highest BCUT2D eigenvalue weighted by molar-refractivity contribution is 6.44. The Morgan fingerprint density at radius 1 is 0.971 bits per heavy atom. The molecule has 7 nitrogen and oxygen atoms in total. The molecule has 1 aliphatic heterocycles. The average molecular weight is 512 g/mol. The van der Waals surface area contributed by atoms with Crippen molar-refractivity contribution in [1.82, 2.24) is 5.32 Å². The number of amides is 3. The quantitative estimate of drug-likeness (QED) is 0.459. The lowest BCUT2D eigenvalue weighted by molar-refractivity contribution is -0.126. The molecule has 3 amide bonds. The summed E-state index contributed by atoms with van der Waals surface area (Å²) in [5.41, 5.74) is 2.07. The third kappa shape index (κ3) is 6.32. The fraction of sp³-hybridized carbons (Fsp3) is 0.192. The van der Waals surface area contributed by atoms with E-state index in [1.54, 1.807) is 47.4 Å². The number of anilines is 2. The van der Waals surface area contributed by atoms with Gasteiger partial charge in [-0.15, -0.1) is 0 Å². The van der Waals surface area contributed by atoms with Gasteiger partial charge in [-0.05, 0) is 42.0 Å². The van der Waals surface area contributed by atoms with Gasteiger partial charge in [0.05, 0.1) is 21.7 Å². The van der Waals surface area contributed by atoms with Crippen LogP contribution in [-0.2, 0) is 20.9 Å². The number of carbonyl (C=O) groups excluding carboxylic acids is 3. The number of benzene rings is 3. The van der Waals surface area contributed by atoms with Gasteiger partial charge in [-0.1, -0.05) is 59.6 Å². The van der Waals surface area contributed by atoms with Gasteiger partial charge in [-0.2, -0.15) is 0 Å². The molecule has 1 aliphatic rings. The van der Waals surface area contributed by atoms with Crippen LogP contribution in [0.4, 0.5) is 11.4 Å². The van der Waals surface area contributed by atoms with Gasteiger partial charge in [0.2, 0.25) is 11.8 Å². The van der Waals surface area contributed by atoms with Crippen molar-refractivity contribution in [3.8, 4) is 5.75 Å². The Balaban J connectivity index is 1.28. The van der Waals surface area contributed by atoms with Crippen molar-refractivity contribution in [3.05, 3.63) is 88.4 Å². The Morgan fingerprint density at radius 2 is 1.71 bits per heavy atom. The summed E-state index contributed by atoms with van der Waals surface area (Å²) in [7, 11) is 0. The van der Waals surface area contributed by atoms with Gasteiger partial charge < -0.3 is 20.3 Å². The van der Waals surface area contributed by atoms with Crippen LogP contribution in [0.15, 0.2) is 72.8 Å². The van der Waals surface area contributed by atoms with Crippen LogP contribution in [-0.4, -0.2) is 30.9 Å². The first-order chi connectivity index (χ1) is 16.9. The summed E-state index contributed by atoms with van der Waals surface area (Å²) in [4.78, 5) is 38.9. The van der Waals surface area contributed by atoms with Crippen LogP contribution in [0.1, 0.15) is 12.0 Å². The molecule has 0 radical (unpaired) electrons. The van der Waals surface area contributed by atoms with Crippen LogP contribution in [0.25, 0.3) is 0 Å². The lowest BCUT2D eigenvalue weighted by Gasteiger charge is -2.17. The van der Waals surface area contributed by atoms with Crippen LogP contribution in [0.5, 0.6) is 5.75 Å². The zero-order chi connectivity index (χ0) is 24.8. The van der Waals surface area contributed by atoms with Crippen LogP contribution in [0.3, 0.4) is 0 Å². The fourth-order valence-corrected chi connectivity index (χ4v) is 4.07. The molecular formula is C26H23Cl2N3O4. The van der Waals surface area contributed by atoms with Gasteiger partial charge in [0.1, 0.15) is 5.75 Å². The first kappa shape index (κ1) is 24.6. The van der Waals surface area contributed by atoms with Crippen molar-refractivity contribution in [2.45, 2.75) is 13.0 Å². The molecule has 2 N–H and O–H groups in total. The molecule has 1 atom stereocenters. The second-order valence-corrected chi connectivity index (χ2v) is 8.83. The average Bonchev–Trinajstić information content (AvgIpc) is 3.26. The predicted octanol–water partition coefficient (Wildman–Crippen LogP) is 4.68. The summed E-state index contributed by atoms with van der Waals surface area (Å²) in [6.07, 6.45) is 0.158. The number of hydrogen-bond acceptors (Lipinski definition) is 4. The Morgan fingerprint density at radius 3 is 2.46 bits per heavy atom. The maximum absolute atomic E-state index is 12.6. The number of ether oxygens (including phenoxy) is 1. The number of rotatable bonds is 8. The molecule has 0 spiro atoms. The van der Waals surface area contributed by atoms with E-state index in [0.717, 1.165) is 5.56 Å². The van der Waals surface area contributed by atoms with Crippen molar-refractivity contribution >= 4 is 52.3 Å². The number of hydrogen-bond donors (Lipinski definition) is 2. The molecule has 1 saturated heterocycles. The predicted molar refractivity (Wildman–Crippen MR) is 136 cm³/mol. The van der Waals surface area contributed by atoms with Gasteiger partial charge >= 0.3 is 0 Å². The van der Waals surface area contributed by atoms with Crippen LogP contribution in [0, 0.1) is 5.92 Å². The van der Waals surface area contributed by atoms with Crippen LogP contribution < -0.4 is 20.3 Å². The first-order valence-electron chi connectivity index (χ1n) is 11.0. The molecule has 0 unspecified atom stereocenters. The summed E-state index contributed by atoms with van der Waals surface area (Å²) >= 11 is 12.0. The maximum Gasteiger partial charge on any atom is 0.262 e. The van der Waals surface area contributed by atoms with Crippen molar-refractivity contribution in [2.75, 3.05) is 23.4 Å². The maximum atomic E-state index is 12.6. The van der Waals surface area contributed by atoms with Crippen LogP contribution >= 0.6 is 23.2 Å².